The molecule has 0 radical (unpaired) electrons. The third kappa shape index (κ3) is 2.45. The Balaban J connectivity index is 2.38. The molecule has 0 fully saturated rings. The Morgan fingerprint density at radius 2 is 2.12 bits per heavy atom. The van der Waals surface area contributed by atoms with Gasteiger partial charge in [-0.1, -0.05) is 30.0 Å². The van der Waals surface area contributed by atoms with Gasteiger partial charge in [0, 0.05) is 0 Å². The molecule has 0 spiro atoms. The summed E-state index contributed by atoms with van der Waals surface area (Å²) < 4.78 is 14.7. The van der Waals surface area contributed by atoms with Crippen LogP contribution in [0.4, 0.5) is 4.39 Å². The van der Waals surface area contributed by atoms with Crippen molar-refractivity contribution in [2.45, 2.75) is 22.1 Å². The smallest absolute Gasteiger partial charge is 0.137 e. The van der Waals surface area contributed by atoms with Crippen molar-refractivity contribution in [3.05, 3.63) is 47.1 Å². The van der Waals surface area contributed by atoms with Gasteiger partial charge >= 0.3 is 0 Å². The van der Waals surface area contributed by atoms with Gasteiger partial charge in [-0.25, -0.2) is 4.39 Å². The molecule has 1 aromatic carbocycles. The van der Waals surface area contributed by atoms with Crippen molar-refractivity contribution in [3.63, 3.8) is 0 Å². The van der Waals surface area contributed by atoms with Crippen molar-refractivity contribution in [3.8, 4) is 0 Å². The van der Waals surface area contributed by atoms with Crippen LogP contribution < -0.4 is 0 Å². The van der Waals surface area contributed by atoms with Gasteiger partial charge < -0.3 is 5.11 Å². The van der Waals surface area contributed by atoms with E-state index in [2.05, 4.69) is 0 Å². The molecule has 16 heavy (non-hydrogen) atoms. The Kier molecular flexibility index (Phi) is 3.63. The highest BCUT2D eigenvalue weighted by Crippen LogP contribution is 2.37. The lowest BCUT2D eigenvalue weighted by molar-refractivity contribution is 0.195. The summed E-state index contributed by atoms with van der Waals surface area (Å²) in [6, 6.07) is 8.66. The molecule has 0 aliphatic rings. The lowest BCUT2D eigenvalue weighted by Gasteiger charge is -2.11. The summed E-state index contributed by atoms with van der Waals surface area (Å²) in [7, 11) is 0. The van der Waals surface area contributed by atoms with Crippen LogP contribution in [0, 0.1) is 5.82 Å². The fourth-order valence-electron chi connectivity index (χ4n) is 1.38. The number of benzene rings is 1. The molecule has 1 unspecified atom stereocenters. The summed E-state index contributed by atoms with van der Waals surface area (Å²) in [4.78, 5) is 0.514. The van der Waals surface area contributed by atoms with Gasteiger partial charge in [-0.05, 0) is 30.0 Å². The lowest BCUT2D eigenvalue weighted by Crippen LogP contribution is -1.96. The molecule has 0 bridgehead atoms. The predicted molar refractivity (Wildman–Crippen MR) is 65.5 cm³/mol. The third-order valence-corrected chi connectivity index (χ3v) is 4.32. The van der Waals surface area contributed by atoms with Crippen LogP contribution in [0.1, 0.15) is 18.6 Å². The van der Waals surface area contributed by atoms with Crippen LogP contribution >= 0.6 is 23.1 Å². The minimum absolute atomic E-state index is 0.281. The first kappa shape index (κ1) is 11.6. The highest BCUT2D eigenvalue weighted by atomic mass is 32.2. The van der Waals surface area contributed by atoms with E-state index in [-0.39, 0.29) is 5.82 Å². The van der Waals surface area contributed by atoms with Crippen LogP contribution in [-0.2, 0) is 0 Å². The molecular formula is C12H11FOS2. The number of rotatable bonds is 3. The van der Waals surface area contributed by atoms with E-state index >= 15 is 0 Å². The maximum atomic E-state index is 13.7. The molecule has 84 valence electrons. The summed E-state index contributed by atoms with van der Waals surface area (Å²) in [6.07, 6.45) is -0.654. The quantitative estimate of drug-likeness (QED) is 0.890. The molecule has 2 rings (SSSR count). The molecule has 4 heteroatoms. The van der Waals surface area contributed by atoms with Crippen LogP contribution in [0.3, 0.4) is 0 Å². The van der Waals surface area contributed by atoms with Gasteiger partial charge in [-0.2, -0.15) is 0 Å². The van der Waals surface area contributed by atoms with Crippen molar-refractivity contribution in [2.75, 3.05) is 0 Å². The SMILES string of the molecule is CC(O)c1cccc(F)c1Sc1cccs1. The van der Waals surface area contributed by atoms with Gasteiger partial charge in [0.25, 0.3) is 0 Å². The van der Waals surface area contributed by atoms with Crippen molar-refractivity contribution in [2.24, 2.45) is 0 Å². The molecule has 2 aromatic rings. The second-order valence-corrected chi connectivity index (χ2v) is 5.63. The summed E-state index contributed by atoms with van der Waals surface area (Å²) >= 11 is 2.92. The largest absolute Gasteiger partial charge is 0.389 e. The number of thiophene rings is 1. The Morgan fingerprint density at radius 3 is 2.75 bits per heavy atom. The highest BCUT2D eigenvalue weighted by Gasteiger charge is 2.13. The Hall–Kier alpha value is -0.840. The fraction of sp³-hybridized carbons (Fsp3) is 0.167. The minimum atomic E-state index is -0.654. The number of hydrogen-bond acceptors (Lipinski definition) is 3. The molecular weight excluding hydrogens is 243 g/mol. The first-order valence-corrected chi connectivity index (χ1v) is 6.56. The molecule has 1 atom stereocenters. The maximum Gasteiger partial charge on any atom is 0.137 e. The molecule has 0 saturated heterocycles. The fourth-order valence-corrected chi connectivity index (χ4v) is 3.31. The van der Waals surface area contributed by atoms with E-state index in [1.165, 1.54) is 17.8 Å². The van der Waals surface area contributed by atoms with Crippen molar-refractivity contribution in [1.29, 1.82) is 0 Å². The third-order valence-electron chi connectivity index (χ3n) is 2.15. The Bertz CT molecular complexity index is 466. The normalized spacial score (nSPS) is 12.7. The zero-order valence-electron chi connectivity index (χ0n) is 8.68. The van der Waals surface area contributed by atoms with Gasteiger partial charge in [0.15, 0.2) is 0 Å². The summed E-state index contributed by atoms with van der Waals surface area (Å²) in [5.41, 5.74) is 0.637. The molecule has 0 saturated carbocycles. The van der Waals surface area contributed by atoms with E-state index in [1.807, 2.05) is 17.5 Å². The summed E-state index contributed by atoms with van der Waals surface area (Å²) in [5, 5.41) is 11.5. The van der Waals surface area contributed by atoms with Gasteiger partial charge in [-0.3, -0.25) is 0 Å². The van der Waals surface area contributed by atoms with Crippen LogP contribution in [0.15, 0.2) is 44.8 Å². The van der Waals surface area contributed by atoms with E-state index in [0.29, 0.717) is 10.5 Å². The monoisotopic (exact) mass is 254 g/mol. The molecule has 0 amide bonds. The van der Waals surface area contributed by atoms with Crippen LogP contribution in [0.2, 0.25) is 0 Å². The highest BCUT2D eigenvalue weighted by molar-refractivity contribution is 8.01. The van der Waals surface area contributed by atoms with Gasteiger partial charge in [0.2, 0.25) is 0 Å². The molecule has 0 aliphatic heterocycles. The van der Waals surface area contributed by atoms with E-state index in [0.717, 1.165) is 4.21 Å². The number of aliphatic hydroxyl groups is 1. The van der Waals surface area contributed by atoms with Crippen LogP contribution in [0.5, 0.6) is 0 Å². The average molecular weight is 254 g/mol. The molecule has 0 aliphatic carbocycles. The van der Waals surface area contributed by atoms with Crippen LogP contribution in [0.25, 0.3) is 0 Å². The molecule has 1 nitrogen and oxygen atoms in total. The zero-order valence-corrected chi connectivity index (χ0v) is 10.3. The number of aliphatic hydroxyl groups excluding tert-OH is 1. The second-order valence-electron chi connectivity index (χ2n) is 3.37. The number of halogens is 1. The van der Waals surface area contributed by atoms with E-state index in [4.69, 9.17) is 0 Å². The van der Waals surface area contributed by atoms with E-state index < -0.39 is 6.10 Å². The van der Waals surface area contributed by atoms with Crippen molar-refractivity contribution < 1.29 is 9.50 Å². The maximum absolute atomic E-state index is 13.7. The lowest BCUT2D eigenvalue weighted by atomic mass is 10.1. The molecule has 1 N–H and O–H groups in total. The Morgan fingerprint density at radius 1 is 1.31 bits per heavy atom. The predicted octanol–water partition coefficient (Wildman–Crippen LogP) is 4.09. The van der Waals surface area contributed by atoms with Crippen molar-refractivity contribution >= 4 is 23.1 Å². The van der Waals surface area contributed by atoms with E-state index in [1.54, 1.807) is 30.4 Å². The molecule has 1 aromatic heterocycles. The summed E-state index contributed by atoms with van der Waals surface area (Å²) in [6.45, 7) is 1.65. The Labute approximate surface area is 102 Å². The van der Waals surface area contributed by atoms with Gasteiger partial charge in [0.05, 0.1) is 15.2 Å². The average Bonchev–Trinajstić information content (AvgIpc) is 2.73. The first-order chi connectivity index (χ1) is 7.68. The topological polar surface area (TPSA) is 20.2 Å². The van der Waals surface area contributed by atoms with E-state index in [9.17, 15) is 9.50 Å². The zero-order chi connectivity index (χ0) is 11.5. The molecule has 1 heterocycles. The van der Waals surface area contributed by atoms with Crippen molar-refractivity contribution in [1.82, 2.24) is 0 Å². The minimum Gasteiger partial charge on any atom is -0.389 e. The second kappa shape index (κ2) is 4.99. The first-order valence-electron chi connectivity index (χ1n) is 4.86. The summed E-state index contributed by atoms with van der Waals surface area (Å²) in [5.74, 6) is -0.281. The van der Waals surface area contributed by atoms with Crippen LogP contribution in [-0.4, -0.2) is 5.11 Å². The standard InChI is InChI=1S/C12H11FOS2/c1-8(14)9-4-2-5-10(13)12(9)16-11-6-3-7-15-11/h2-8,14H,1H3. The van der Waals surface area contributed by atoms with Gasteiger partial charge in [-0.15, -0.1) is 11.3 Å². The number of hydrogen-bond donors (Lipinski definition) is 1. The van der Waals surface area contributed by atoms with Gasteiger partial charge in [0.1, 0.15) is 5.82 Å².